The van der Waals surface area contributed by atoms with Crippen LogP contribution in [0.2, 0.25) is 0 Å². The van der Waals surface area contributed by atoms with Gasteiger partial charge in [-0.1, -0.05) is 29.8 Å². The molecule has 8 nitrogen and oxygen atoms in total. The van der Waals surface area contributed by atoms with Crippen molar-refractivity contribution in [2.75, 3.05) is 36.5 Å². The fourth-order valence-electron chi connectivity index (χ4n) is 3.34. The van der Waals surface area contributed by atoms with Crippen molar-refractivity contribution in [3.05, 3.63) is 59.5 Å². The number of thiazole rings is 1. The minimum Gasteiger partial charge on any atom is -0.378 e. The monoisotopic (exact) mass is 486 g/mol. The fourth-order valence-corrected chi connectivity index (χ4v) is 5.43. The summed E-state index contributed by atoms with van der Waals surface area (Å²) in [6.45, 7) is 6.49. The van der Waals surface area contributed by atoms with Crippen LogP contribution in [0.1, 0.15) is 12.5 Å². The molecular weight excluding hydrogens is 460 g/mol. The molecule has 1 saturated heterocycles. The van der Waals surface area contributed by atoms with E-state index in [2.05, 4.69) is 14.9 Å². The summed E-state index contributed by atoms with van der Waals surface area (Å²) in [7, 11) is -3.79. The van der Waals surface area contributed by atoms with Gasteiger partial charge in [0.1, 0.15) is 0 Å². The third-order valence-electron chi connectivity index (χ3n) is 5.28. The van der Waals surface area contributed by atoms with E-state index < -0.39 is 22.0 Å². The molecule has 2 aromatic carbocycles. The molecule has 0 bridgehead atoms. The van der Waals surface area contributed by atoms with Crippen LogP contribution in [0.4, 0.5) is 10.8 Å². The zero-order valence-electron chi connectivity index (χ0n) is 18.4. The average Bonchev–Trinajstić information content (AvgIpc) is 3.30. The first-order chi connectivity index (χ1) is 15.8. The van der Waals surface area contributed by atoms with Gasteiger partial charge in [-0.2, -0.15) is 4.72 Å². The molecule has 0 spiro atoms. The Morgan fingerprint density at radius 3 is 2.42 bits per heavy atom. The average molecular weight is 487 g/mol. The van der Waals surface area contributed by atoms with Gasteiger partial charge in [0.25, 0.3) is 0 Å². The minimum absolute atomic E-state index is 0.122. The predicted molar refractivity (Wildman–Crippen MR) is 130 cm³/mol. The number of amides is 1. The maximum absolute atomic E-state index is 12.5. The van der Waals surface area contributed by atoms with Crippen molar-refractivity contribution in [3.63, 3.8) is 0 Å². The van der Waals surface area contributed by atoms with Gasteiger partial charge in [-0.3, -0.25) is 4.79 Å². The van der Waals surface area contributed by atoms with E-state index in [1.807, 2.05) is 24.4 Å². The number of ether oxygens (including phenoxy) is 1. The molecule has 3 aromatic rings. The van der Waals surface area contributed by atoms with E-state index >= 15 is 0 Å². The van der Waals surface area contributed by atoms with Crippen LogP contribution in [0.25, 0.3) is 11.3 Å². The summed E-state index contributed by atoms with van der Waals surface area (Å²) in [5.41, 5.74) is 3.35. The van der Waals surface area contributed by atoms with E-state index in [1.165, 1.54) is 19.1 Å². The Kier molecular flexibility index (Phi) is 7.08. The van der Waals surface area contributed by atoms with Crippen molar-refractivity contribution in [3.8, 4) is 11.3 Å². The number of carbonyl (C=O) groups is 1. The highest BCUT2D eigenvalue weighted by atomic mass is 32.2. The molecule has 2 heterocycles. The normalized spacial score (nSPS) is 15.3. The van der Waals surface area contributed by atoms with Gasteiger partial charge in [0.2, 0.25) is 15.9 Å². The van der Waals surface area contributed by atoms with E-state index in [4.69, 9.17) is 9.72 Å². The van der Waals surface area contributed by atoms with Crippen molar-refractivity contribution >= 4 is 38.1 Å². The highest BCUT2D eigenvalue weighted by molar-refractivity contribution is 7.89. The van der Waals surface area contributed by atoms with Crippen LogP contribution >= 0.6 is 11.3 Å². The Labute approximate surface area is 197 Å². The van der Waals surface area contributed by atoms with E-state index in [0.29, 0.717) is 18.9 Å². The number of anilines is 2. The maximum Gasteiger partial charge on any atom is 0.242 e. The fraction of sp³-hybridized carbons (Fsp3) is 0.304. The van der Waals surface area contributed by atoms with Gasteiger partial charge in [0.05, 0.1) is 29.8 Å². The van der Waals surface area contributed by atoms with Gasteiger partial charge in [-0.05, 0) is 38.1 Å². The second-order valence-corrected chi connectivity index (χ2v) is 10.4. The summed E-state index contributed by atoms with van der Waals surface area (Å²) in [6.07, 6.45) is 0. The summed E-state index contributed by atoms with van der Waals surface area (Å²) in [5, 5.41) is 5.74. The number of rotatable bonds is 7. The molecule has 10 heteroatoms. The molecule has 4 rings (SSSR count). The Hall–Kier alpha value is -2.79. The number of sulfonamides is 1. The van der Waals surface area contributed by atoms with Gasteiger partial charge in [-0.15, -0.1) is 11.3 Å². The van der Waals surface area contributed by atoms with Crippen molar-refractivity contribution in [2.45, 2.75) is 24.8 Å². The Balaban J connectivity index is 1.37. The van der Waals surface area contributed by atoms with Crippen LogP contribution in [0.15, 0.2) is 58.8 Å². The van der Waals surface area contributed by atoms with E-state index in [1.54, 1.807) is 35.6 Å². The quantitative estimate of drug-likeness (QED) is 0.532. The summed E-state index contributed by atoms with van der Waals surface area (Å²) in [4.78, 5) is 19.6. The lowest BCUT2D eigenvalue weighted by Crippen LogP contribution is -2.41. The van der Waals surface area contributed by atoms with Gasteiger partial charge in [-0.25, -0.2) is 13.4 Å². The topological polar surface area (TPSA) is 101 Å². The van der Waals surface area contributed by atoms with Crippen LogP contribution in [0.3, 0.4) is 0 Å². The number of nitrogens with one attached hydrogen (secondary N) is 2. The highest BCUT2D eigenvalue weighted by Crippen LogP contribution is 2.28. The highest BCUT2D eigenvalue weighted by Gasteiger charge is 2.22. The molecule has 2 N–H and O–H groups in total. The Morgan fingerprint density at radius 1 is 1.09 bits per heavy atom. The van der Waals surface area contributed by atoms with Crippen molar-refractivity contribution < 1.29 is 17.9 Å². The first-order valence-corrected chi connectivity index (χ1v) is 13.0. The largest absolute Gasteiger partial charge is 0.378 e. The number of hydrogen-bond donors (Lipinski definition) is 2. The second kappa shape index (κ2) is 10.0. The number of carbonyl (C=O) groups excluding carboxylic acids is 1. The molecule has 1 aliphatic heterocycles. The number of aromatic nitrogens is 1. The van der Waals surface area contributed by atoms with E-state index in [-0.39, 0.29) is 4.90 Å². The molecule has 0 radical (unpaired) electrons. The standard InChI is InChI=1S/C23H26N4O4S2/c1-16-3-9-20(10-4-16)33(29,30)26-17(2)22(28)24-19-7-5-18(6-8-19)21-15-32-23(25-21)27-11-13-31-14-12-27/h3-10,15,17,26H,11-14H2,1-2H3,(H,24,28)/t17-/m0/s1. The predicted octanol–water partition coefficient (Wildman–Crippen LogP) is 3.26. The minimum atomic E-state index is -3.79. The van der Waals surface area contributed by atoms with Crippen LogP contribution in [0.5, 0.6) is 0 Å². The Bertz CT molecular complexity index is 1200. The van der Waals surface area contributed by atoms with E-state index in [0.717, 1.165) is 35.0 Å². The number of benzene rings is 2. The van der Waals surface area contributed by atoms with E-state index in [9.17, 15) is 13.2 Å². The molecule has 0 saturated carbocycles. The molecule has 1 amide bonds. The lowest BCUT2D eigenvalue weighted by atomic mass is 10.1. The van der Waals surface area contributed by atoms with Crippen molar-refractivity contribution in [2.24, 2.45) is 0 Å². The molecule has 1 atom stereocenters. The van der Waals surface area contributed by atoms with Crippen molar-refractivity contribution in [1.29, 1.82) is 0 Å². The number of morpholine rings is 1. The molecule has 1 aliphatic rings. The lowest BCUT2D eigenvalue weighted by Gasteiger charge is -2.26. The van der Waals surface area contributed by atoms with Crippen LogP contribution in [-0.4, -0.2) is 51.7 Å². The van der Waals surface area contributed by atoms with Gasteiger partial charge >= 0.3 is 0 Å². The lowest BCUT2D eigenvalue weighted by molar-refractivity contribution is -0.117. The second-order valence-electron chi connectivity index (χ2n) is 7.84. The SMILES string of the molecule is Cc1ccc(S(=O)(=O)N[C@@H](C)C(=O)Nc2ccc(-c3csc(N4CCOCC4)n3)cc2)cc1. The molecule has 174 valence electrons. The number of aryl methyl sites for hydroxylation is 1. The van der Waals surface area contributed by atoms with Gasteiger partial charge in [0, 0.05) is 29.7 Å². The third-order valence-corrected chi connectivity index (χ3v) is 7.74. The van der Waals surface area contributed by atoms with Crippen molar-refractivity contribution in [1.82, 2.24) is 9.71 Å². The van der Waals surface area contributed by atoms with Crippen LogP contribution in [0, 0.1) is 6.92 Å². The molecule has 1 aromatic heterocycles. The zero-order valence-corrected chi connectivity index (χ0v) is 20.1. The Morgan fingerprint density at radius 2 is 1.76 bits per heavy atom. The maximum atomic E-state index is 12.5. The molecule has 1 fully saturated rings. The summed E-state index contributed by atoms with van der Waals surface area (Å²) < 4.78 is 32.9. The van der Waals surface area contributed by atoms with Crippen LogP contribution < -0.4 is 14.9 Å². The third kappa shape index (κ3) is 5.77. The number of nitrogens with zero attached hydrogens (tertiary/aromatic N) is 2. The molecular formula is C23H26N4O4S2. The summed E-state index contributed by atoms with van der Waals surface area (Å²) in [6, 6.07) is 12.9. The molecule has 0 aliphatic carbocycles. The van der Waals surface area contributed by atoms with Gasteiger partial charge in [0.15, 0.2) is 5.13 Å². The van der Waals surface area contributed by atoms with Gasteiger partial charge < -0.3 is 15.0 Å². The van der Waals surface area contributed by atoms with Crippen LogP contribution in [-0.2, 0) is 19.6 Å². The number of hydrogen-bond acceptors (Lipinski definition) is 7. The smallest absolute Gasteiger partial charge is 0.242 e. The molecule has 33 heavy (non-hydrogen) atoms. The summed E-state index contributed by atoms with van der Waals surface area (Å²) >= 11 is 1.60. The first kappa shape index (κ1) is 23.4. The molecule has 0 unspecified atom stereocenters. The first-order valence-electron chi connectivity index (χ1n) is 10.6. The zero-order chi connectivity index (χ0) is 23.4. The summed E-state index contributed by atoms with van der Waals surface area (Å²) in [5.74, 6) is -0.443.